The zero-order chi connectivity index (χ0) is 16.2. The van der Waals surface area contributed by atoms with Gasteiger partial charge in [0.15, 0.2) is 0 Å². The number of hydrogen-bond donors (Lipinski definition) is 0. The molecular weight excluding hydrogens is 310 g/mol. The van der Waals surface area contributed by atoms with Crippen LogP contribution in [0, 0.1) is 6.92 Å². The third-order valence-corrected chi connectivity index (χ3v) is 4.32. The average molecular weight is 332 g/mol. The van der Waals surface area contributed by atoms with Crippen molar-refractivity contribution in [1.82, 2.24) is 15.0 Å². The minimum absolute atomic E-state index is 0.712. The van der Waals surface area contributed by atoms with Crippen LogP contribution in [-0.2, 0) is 6.42 Å². The maximum absolute atomic E-state index is 6.25. The van der Waals surface area contributed by atoms with Gasteiger partial charge < -0.3 is 9.80 Å². The van der Waals surface area contributed by atoms with E-state index >= 15 is 0 Å². The predicted octanol–water partition coefficient (Wildman–Crippen LogP) is 3.11. The van der Waals surface area contributed by atoms with Crippen molar-refractivity contribution in [3.8, 4) is 0 Å². The molecule has 0 amide bonds. The molecule has 1 aliphatic rings. The molecule has 1 saturated heterocycles. The lowest BCUT2D eigenvalue weighted by Crippen LogP contribution is -2.47. The van der Waals surface area contributed by atoms with Crippen LogP contribution in [0.25, 0.3) is 0 Å². The zero-order valence-corrected chi connectivity index (χ0v) is 14.4. The molecule has 1 aliphatic heterocycles. The monoisotopic (exact) mass is 331 g/mol. The molecule has 0 bridgehead atoms. The lowest BCUT2D eigenvalue weighted by Gasteiger charge is -2.36. The summed E-state index contributed by atoms with van der Waals surface area (Å²) >= 11 is 6.25. The lowest BCUT2D eigenvalue weighted by molar-refractivity contribution is 0.639. The van der Waals surface area contributed by atoms with E-state index in [2.05, 4.69) is 37.7 Å². The molecular formula is C17H22ClN5. The van der Waals surface area contributed by atoms with Crippen LogP contribution in [0.1, 0.15) is 24.9 Å². The van der Waals surface area contributed by atoms with Gasteiger partial charge in [0, 0.05) is 44.1 Å². The van der Waals surface area contributed by atoms with Gasteiger partial charge in [-0.15, -0.1) is 0 Å². The maximum atomic E-state index is 6.25. The Morgan fingerprint density at radius 3 is 2.57 bits per heavy atom. The van der Waals surface area contributed by atoms with Crippen molar-refractivity contribution in [3.05, 3.63) is 40.9 Å². The minimum atomic E-state index is 0.712. The fourth-order valence-electron chi connectivity index (χ4n) is 2.92. The molecule has 23 heavy (non-hydrogen) atoms. The fraction of sp³-hybridized carbons (Fsp3) is 0.471. The Morgan fingerprint density at radius 1 is 1.13 bits per heavy atom. The average Bonchev–Trinajstić information content (AvgIpc) is 2.55. The largest absolute Gasteiger partial charge is 0.353 e. The summed E-state index contributed by atoms with van der Waals surface area (Å²) in [5, 5.41) is 0.712. The summed E-state index contributed by atoms with van der Waals surface area (Å²) in [5.74, 6) is 2.76. The highest BCUT2D eigenvalue weighted by Gasteiger charge is 2.21. The van der Waals surface area contributed by atoms with E-state index in [1.54, 1.807) is 6.20 Å². The van der Waals surface area contributed by atoms with Gasteiger partial charge in [-0.3, -0.25) is 0 Å². The number of hydrogen-bond acceptors (Lipinski definition) is 5. The quantitative estimate of drug-likeness (QED) is 0.861. The Balaban J connectivity index is 1.71. The topological polar surface area (TPSA) is 45.2 Å². The number of pyridine rings is 1. The summed E-state index contributed by atoms with van der Waals surface area (Å²) in [5.41, 5.74) is 1.13. The Kier molecular flexibility index (Phi) is 4.96. The number of piperazine rings is 1. The Hall–Kier alpha value is -1.88. The Morgan fingerprint density at radius 2 is 1.87 bits per heavy atom. The second-order valence-corrected chi connectivity index (χ2v) is 6.20. The van der Waals surface area contributed by atoms with Crippen LogP contribution in [0.15, 0.2) is 24.4 Å². The minimum Gasteiger partial charge on any atom is -0.353 e. The van der Waals surface area contributed by atoms with Gasteiger partial charge in [0.2, 0.25) is 0 Å². The van der Waals surface area contributed by atoms with E-state index in [9.17, 15) is 0 Å². The Labute approximate surface area is 142 Å². The predicted molar refractivity (Wildman–Crippen MR) is 94.4 cm³/mol. The summed E-state index contributed by atoms with van der Waals surface area (Å²) in [4.78, 5) is 18.1. The number of nitrogens with zero attached hydrogens (tertiary/aromatic N) is 5. The first kappa shape index (κ1) is 16.0. The smallest absolute Gasteiger partial charge is 0.147 e. The van der Waals surface area contributed by atoms with Gasteiger partial charge in [-0.2, -0.15) is 0 Å². The third kappa shape index (κ3) is 3.72. The van der Waals surface area contributed by atoms with Crippen LogP contribution in [0.5, 0.6) is 0 Å². The summed E-state index contributed by atoms with van der Waals surface area (Å²) in [6, 6.07) is 5.88. The molecule has 0 aliphatic carbocycles. The highest BCUT2D eigenvalue weighted by atomic mass is 35.5. The van der Waals surface area contributed by atoms with Gasteiger partial charge in [0.05, 0.1) is 5.02 Å². The lowest BCUT2D eigenvalue weighted by atomic mass is 10.2. The van der Waals surface area contributed by atoms with Crippen LogP contribution in [0.3, 0.4) is 0 Å². The van der Waals surface area contributed by atoms with E-state index < -0.39 is 0 Å². The van der Waals surface area contributed by atoms with Crippen molar-refractivity contribution >= 4 is 23.2 Å². The molecule has 0 unspecified atom stereocenters. The first-order valence-corrected chi connectivity index (χ1v) is 8.50. The van der Waals surface area contributed by atoms with Crippen molar-refractivity contribution in [3.63, 3.8) is 0 Å². The molecule has 0 atom stereocenters. The van der Waals surface area contributed by atoms with E-state index in [0.29, 0.717) is 5.02 Å². The summed E-state index contributed by atoms with van der Waals surface area (Å²) in [6.07, 6.45) is 3.89. The highest BCUT2D eigenvalue weighted by Crippen LogP contribution is 2.24. The number of aryl methyl sites for hydroxylation is 2. The molecule has 3 heterocycles. The highest BCUT2D eigenvalue weighted by molar-refractivity contribution is 6.32. The molecule has 2 aromatic heterocycles. The number of aromatic nitrogens is 3. The van der Waals surface area contributed by atoms with Gasteiger partial charge in [0.1, 0.15) is 17.5 Å². The van der Waals surface area contributed by atoms with E-state index in [1.165, 1.54) is 0 Å². The van der Waals surface area contributed by atoms with Gasteiger partial charge in [0.25, 0.3) is 0 Å². The van der Waals surface area contributed by atoms with Crippen molar-refractivity contribution < 1.29 is 0 Å². The third-order valence-electron chi connectivity index (χ3n) is 4.03. The van der Waals surface area contributed by atoms with E-state index in [0.717, 1.165) is 62.2 Å². The van der Waals surface area contributed by atoms with Crippen molar-refractivity contribution in [2.45, 2.75) is 26.7 Å². The van der Waals surface area contributed by atoms with Gasteiger partial charge >= 0.3 is 0 Å². The second-order valence-electron chi connectivity index (χ2n) is 5.80. The van der Waals surface area contributed by atoms with E-state index in [-0.39, 0.29) is 0 Å². The summed E-state index contributed by atoms with van der Waals surface area (Å²) in [7, 11) is 0. The maximum Gasteiger partial charge on any atom is 0.147 e. The summed E-state index contributed by atoms with van der Waals surface area (Å²) < 4.78 is 0. The molecule has 3 rings (SSSR count). The number of halogens is 1. The normalized spacial score (nSPS) is 15.1. The first-order chi connectivity index (χ1) is 11.2. The second kappa shape index (κ2) is 7.13. The zero-order valence-electron chi connectivity index (χ0n) is 13.7. The van der Waals surface area contributed by atoms with Gasteiger partial charge in [-0.05, 0) is 25.5 Å². The van der Waals surface area contributed by atoms with Crippen LogP contribution < -0.4 is 9.80 Å². The van der Waals surface area contributed by atoms with Crippen molar-refractivity contribution in [1.29, 1.82) is 0 Å². The number of rotatable bonds is 4. The van der Waals surface area contributed by atoms with E-state index in [4.69, 9.17) is 11.6 Å². The molecule has 1 fully saturated rings. The number of anilines is 2. The Bertz CT molecular complexity index is 668. The molecule has 6 heteroatoms. The van der Waals surface area contributed by atoms with Crippen LogP contribution >= 0.6 is 11.6 Å². The summed E-state index contributed by atoms with van der Waals surface area (Å²) in [6.45, 7) is 7.74. The molecule has 0 aromatic carbocycles. The van der Waals surface area contributed by atoms with Gasteiger partial charge in [-0.1, -0.05) is 24.9 Å². The van der Waals surface area contributed by atoms with Gasteiger partial charge in [-0.25, -0.2) is 15.0 Å². The van der Waals surface area contributed by atoms with Crippen LogP contribution in [0.2, 0.25) is 5.02 Å². The molecule has 122 valence electrons. The van der Waals surface area contributed by atoms with Crippen LogP contribution in [-0.4, -0.2) is 41.1 Å². The molecule has 0 radical (unpaired) electrons. The first-order valence-electron chi connectivity index (χ1n) is 8.12. The molecule has 0 N–H and O–H groups in total. The van der Waals surface area contributed by atoms with Crippen LogP contribution in [0.4, 0.5) is 11.6 Å². The SMILES string of the molecule is CCCc1cc(N2CCN(c3ncccc3Cl)CC2)nc(C)n1. The fourth-order valence-corrected chi connectivity index (χ4v) is 3.16. The molecule has 5 nitrogen and oxygen atoms in total. The molecule has 2 aromatic rings. The van der Waals surface area contributed by atoms with Crippen molar-refractivity contribution in [2.24, 2.45) is 0 Å². The molecule has 0 spiro atoms. The standard InChI is InChI=1S/C17H22ClN5/c1-3-5-14-12-16(21-13(2)20-14)22-8-10-23(11-9-22)17-15(18)6-4-7-19-17/h4,6-7,12H,3,5,8-11H2,1-2H3. The molecule has 0 saturated carbocycles. The van der Waals surface area contributed by atoms with Crippen molar-refractivity contribution in [2.75, 3.05) is 36.0 Å². The van der Waals surface area contributed by atoms with E-state index in [1.807, 2.05) is 19.1 Å².